The zero-order chi connectivity index (χ0) is 18.4. The van der Waals surface area contributed by atoms with E-state index in [4.69, 9.17) is 4.42 Å². The van der Waals surface area contributed by atoms with Gasteiger partial charge in [0.15, 0.2) is 0 Å². The molecule has 0 bridgehead atoms. The third-order valence-electron chi connectivity index (χ3n) is 3.62. The Kier molecular flexibility index (Phi) is 4.93. The van der Waals surface area contributed by atoms with Gasteiger partial charge in [0.25, 0.3) is 5.91 Å². The molecule has 5 nitrogen and oxygen atoms in total. The Morgan fingerprint density at radius 1 is 0.962 bits per heavy atom. The van der Waals surface area contributed by atoms with Crippen LogP contribution in [-0.4, -0.2) is 5.91 Å². The third kappa shape index (κ3) is 3.69. The van der Waals surface area contributed by atoms with Gasteiger partial charge in [0.1, 0.15) is 23.2 Å². The Hall–Kier alpha value is -4.09. The lowest BCUT2D eigenvalue weighted by Crippen LogP contribution is -2.13. The topological polar surface area (TPSA) is 89.8 Å². The van der Waals surface area contributed by atoms with Gasteiger partial charge in [-0.2, -0.15) is 10.5 Å². The average Bonchev–Trinajstić information content (AvgIpc) is 3.15. The van der Waals surface area contributed by atoms with Gasteiger partial charge < -0.3 is 9.73 Å². The minimum atomic E-state index is -0.519. The molecule has 1 aromatic heterocycles. The lowest BCUT2D eigenvalue weighted by molar-refractivity contribution is -0.112. The molecule has 0 aliphatic carbocycles. The van der Waals surface area contributed by atoms with Crippen LogP contribution in [0.15, 0.2) is 76.7 Å². The summed E-state index contributed by atoms with van der Waals surface area (Å²) in [6, 6.07) is 23.3. The van der Waals surface area contributed by atoms with E-state index in [1.54, 1.807) is 54.6 Å². The number of anilines is 1. The van der Waals surface area contributed by atoms with Gasteiger partial charge in [0, 0.05) is 17.3 Å². The second kappa shape index (κ2) is 7.65. The van der Waals surface area contributed by atoms with Crippen molar-refractivity contribution in [2.75, 3.05) is 5.32 Å². The number of furan rings is 1. The molecule has 3 aromatic rings. The summed E-state index contributed by atoms with van der Waals surface area (Å²) in [5, 5.41) is 21.1. The number of para-hydroxylation sites is 1. The molecule has 5 heteroatoms. The van der Waals surface area contributed by atoms with E-state index in [1.165, 1.54) is 6.08 Å². The van der Waals surface area contributed by atoms with E-state index in [1.807, 2.05) is 18.2 Å². The fourth-order valence-corrected chi connectivity index (χ4v) is 2.38. The Morgan fingerprint density at radius 3 is 2.42 bits per heavy atom. The van der Waals surface area contributed by atoms with Crippen LogP contribution in [-0.2, 0) is 4.79 Å². The summed E-state index contributed by atoms with van der Waals surface area (Å²) < 4.78 is 5.69. The zero-order valence-corrected chi connectivity index (χ0v) is 13.6. The van der Waals surface area contributed by atoms with Gasteiger partial charge in [0.2, 0.25) is 0 Å². The summed E-state index contributed by atoms with van der Waals surface area (Å²) in [7, 11) is 0. The first-order valence-corrected chi connectivity index (χ1v) is 7.79. The second-order valence-electron chi connectivity index (χ2n) is 5.35. The summed E-state index contributed by atoms with van der Waals surface area (Å²) >= 11 is 0. The van der Waals surface area contributed by atoms with E-state index in [0.717, 1.165) is 0 Å². The van der Waals surface area contributed by atoms with Gasteiger partial charge in [-0.15, -0.1) is 0 Å². The lowest BCUT2D eigenvalue weighted by Gasteiger charge is -2.03. The molecule has 1 N–H and O–H groups in total. The van der Waals surface area contributed by atoms with Crippen molar-refractivity contribution >= 4 is 17.7 Å². The highest BCUT2D eigenvalue weighted by atomic mass is 16.3. The molecular weight excluding hydrogens is 326 g/mol. The first kappa shape index (κ1) is 16.8. The third-order valence-corrected chi connectivity index (χ3v) is 3.62. The number of nitrogens with zero attached hydrogens (tertiary/aromatic N) is 2. The van der Waals surface area contributed by atoms with Crippen molar-refractivity contribution in [3.8, 4) is 23.5 Å². The number of amides is 1. The fraction of sp³-hybridized carbons (Fsp3) is 0. The molecule has 0 atom stereocenters. The maximum atomic E-state index is 12.2. The number of rotatable bonds is 4. The van der Waals surface area contributed by atoms with Crippen LogP contribution in [0.4, 0.5) is 5.69 Å². The molecule has 26 heavy (non-hydrogen) atoms. The molecule has 1 heterocycles. The first-order chi connectivity index (χ1) is 12.7. The maximum Gasteiger partial charge on any atom is 0.266 e. The quantitative estimate of drug-likeness (QED) is 0.565. The Labute approximate surface area is 150 Å². The molecule has 2 aromatic carbocycles. The molecule has 3 rings (SSSR count). The van der Waals surface area contributed by atoms with Gasteiger partial charge in [0.05, 0.1) is 11.6 Å². The average molecular weight is 339 g/mol. The van der Waals surface area contributed by atoms with Gasteiger partial charge >= 0.3 is 0 Å². The van der Waals surface area contributed by atoms with Crippen LogP contribution in [0.25, 0.3) is 17.4 Å². The van der Waals surface area contributed by atoms with Crippen LogP contribution in [0, 0.1) is 22.7 Å². The van der Waals surface area contributed by atoms with Gasteiger partial charge in [-0.25, -0.2) is 0 Å². The van der Waals surface area contributed by atoms with Crippen molar-refractivity contribution in [2.45, 2.75) is 0 Å². The molecule has 0 spiro atoms. The van der Waals surface area contributed by atoms with E-state index < -0.39 is 5.91 Å². The van der Waals surface area contributed by atoms with Crippen molar-refractivity contribution in [1.29, 1.82) is 10.5 Å². The Morgan fingerprint density at radius 2 is 1.69 bits per heavy atom. The van der Waals surface area contributed by atoms with Crippen molar-refractivity contribution in [3.63, 3.8) is 0 Å². The van der Waals surface area contributed by atoms with E-state index in [9.17, 15) is 15.3 Å². The molecular formula is C21H13N3O2. The molecule has 1 amide bonds. The van der Waals surface area contributed by atoms with Crippen LogP contribution in [0.2, 0.25) is 0 Å². The molecule has 0 fully saturated rings. The van der Waals surface area contributed by atoms with E-state index in [2.05, 4.69) is 11.4 Å². The Bertz CT molecular complexity index is 1050. The van der Waals surface area contributed by atoms with E-state index in [0.29, 0.717) is 28.3 Å². The smallest absolute Gasteiger partial charge is 0.266 e. The summed E-state index contributed by atoms with van der Waals surface area (Å²) in [5.74, 6) is 0.329. The molecule has 0 aliphatic rings. The number of hydrogen-bond donors (Lipinski definition) is 1. The highest BCUT2D eigenvalue weighted by molar-refractivity contribution is 6.09. The Balaban J connectivity index is 1.85. The lowest BCUT2D eigenvalue weighted by atomic mass is 10.1. The van der Waals surface area contributed by atoms with Gasteiger partial charge in [-0.05, 0) is 36.4 Å². The zero-order valence-electron chi connectivity index (χ0n) is 13.6. The van der Waals surface area contributed by atoms with Gasteiger partial charge in [-0.1, -0.05) is 30.3 Å². The number of hydrogen-bond acceptors (Lipinski definition) is 4. The number of benzene rings is 2. The number of nitrogens with one attached hydrogen (secondary N) is 1. The minimum Gasteiger partial charge on any atom is -0.457 e. The highest BCUT2D eigenvalue weighted by Crippen LogP contribution is 2.26. The van der Waals surface area contributed by atoms with Gasteiger partial charge in [-0.3, -0.25) is 4.79 Å². The van der Waals surface area contributed by atoms with Crippen LogP contribution in [0.1, 0.15) is 11.3 Å². The standard InChI is InChI=1S/C21H13N3O2/c22-13-15-6-4-5-9-19(15)20-11-10-18(26-20)12-16(14-23)21(25)24-17-7-2-1-3-8-17/h1-12H,(H,24,25)/b16-12+. The van der Waals surface area contributed by atoms with Crippen molar-refractivity contribution in [2.24, 2.45) is 0 Å². The largest absolute Gasteiger partial charge is 0.457 e. The van der Waals surface area contributed by atoms with Crippen LogP contribution in [0.3, 0.4) is 0 Å². The number of nitriles is 2. The number of carbonyl (C=O) groups excluding carboxylic acids is 1. The highest BCUT2D eigenvalue weighted by Gasteiger charge is 2.12. The molecule has 0 aliphatic heterocycles. The molecule has 0 unspecified atom stereocenters. The first-order valence-electron chi connectivity index (χ1n) is 7.79. The summed E-state index contributed by atoms with van der Waals surface area (Å²) in [4.78, 5) is 12.2. The summed E-state index contributed by atoms with van der Waals surface area (Å²) in [5.41, 5.74) is 1.66. The molecule has 0 saturated heterocycles. The van der Waals surface area contributed by atoms with Crippen molar-refractivity contribution in [3.05, 3.63) is 83.6 Å². The summed E-state index contributed by atoms with van der Waals surface area (Å²) in [6.07, 6.45) is 1.37. The predicted octanol–water partition coefficient (Wildman–Crippen LogP) is 4.36. The normalized spacial score (nSPS) is 10.6. The number of carbonyl (C=O) groups is 1. The molecule has 0 saturated carbocycles. The second-order valence-corrected chi connectivity index (χ2v) is 5.35. The van der Waals surface area contributed by atoms with E-state index in [-0.39, 0.29) is 5.57 Å². The monoisotopic (exact) mass is 339 g/mol. The SMILES string of the molecule is N#C/C(=C\c1ccc(-c2ccccc2C#N)o1)C(=O)Nc1ccccc1. The van der Waals surface area contributed by atoms with Crippen LogP contribution >= 0.6 is 0 Å². The fourth-order valence-electron chi connectivity index (χ4n) is 2.38. The summed E-state index contributed by atoms with van der Waals surface area (Å²) in [6.45, 7) is 0. The predicted molar refractivity (Wildman–Crippen MR) is 97.5 cm³/mol. The molecule has 0 radical (unpaired) electrons. The molecule has 124 valence electrons. The van der Waals surface area contributed by atoms with Crippen molar-refractivity contribution < 1.29 is 9.21 Å². The van der Waals surface area contributed by atoms with Crippen molar-refractivity contribution in [1.82, 2.24) is 0 Å². The maximum absolute atomic E-state index is 12.2. The minimum absolute atomic E-state index is 0.0803. The van der Waals surface area contributed by atoms with Crippen LogP contribution in [0.5, 0.6) is 0 Å². The van der Waals surface area contributed by atoms with Crippen LogP contribution < -0.4 is 5.32 Å². The van der Waals surface area contributed by atoms with E-state index >= 15 is 0 Å².